The van der Waals surface area contributed by atoms with Crippen LogP contribution in [0.1, 0.15) is 49.4 Å². The Balaban J connectivity index is 2.22. The highest BCUT2D eigenvalue weighted by Gasteiger charge is 2.10. The molecule has 19 heavy (non-hydrogen) atoms. The van der Waals surface area contributed by atoms with E-state index in [1.807, 2.05) is 0 Å². The van der Waals surface area contributed by atoms with Gasteiger partial charge in [-0.05, 0) is 37.0 Å². The van der Waals surface area contributed by atoms with Crippen molar-refractivity contribution in [2.24, 2.45) is 0 Å². The second-order valence-corrected chi connectivity index (χ2v) is 5.52. The topological polar surface area (TPSA) is 12.0 Å². The smallest absolute Gasteiger partial charge is 0.0485 e. The van der Waals surface area contributed by atoms with E-state index < -0.39 is 0 Å². The van der Waals surface area contributed by atoms with Gasteiger partial charge in [-0.1, -0.05) is 61.9 Å². The number of rotatable bonds is 4. The summed E-state index contributed by atoms with van der Waals surface area (Å²) < 4.78 is 0. The lowest BCUT2D eigenvalue weighted by molar-refractivity contribution is 0.840. The molecule has 2 aromatic rings. The Morgan fingerprint density at radius 3 is 2.32 bits per heavy atom. The van der Waals surface area contributed by atoms with Crippen molar-refractivity contribution < 1.29 is 0 Å². The maximum atomic E-state index is 3.64. The summed E-state index contributed by atoms with van der Waals surface area (Å²) in [5, 5.41) is 3.64. The van der Waals surface area contributed by atoms with Gasteiger partial charge in [-0.2, -0.15) is 0 Å². The molecule has 0 spiro atoms. The maximum Gasteiger partial charge on any atom is 0.0485 e. The van der Waals surface area contributed by atoms with Gasteiger partial charge in [0, 0.05) is 11.7 Å². The van der Waals surface area contributed by atoms with Gasteiger partial charge in [0.05, 0.1) is 0 Å². The molecule has 0 aliphatic carbocycles. The van der Waals surface area contributed by atoms with Crippen LogP contribution in [0.4, 0.5) is 5.69 Å². The minimum atomic E-state index is 0.319. The highest BCUT2D eigenvalue weighted by atomic mass is 14.9. The molecule has 1 unspecified atom stereocenters. The maximum absolute atomic E-state index is 3.64. The minimum Gasteiger partial charge on any atom is -0.378 e. The number of nitrogens with one attached hydrogen (secondary N) is 1. The Kier molecular flexibility index (Phi) is 4.26. The Morgan fingerprint density at radius 2 is 1.63 bits per heavy atom. The first kappa shape index (κ1) is 13.7. The fraction of sp³-hybridized carbons (Fsp3) is 0.333. The van der Waals surface area contributed by atoms with Gasteiger partial charge in [0.1, 0.15) is 0 Å². The quantitative estimate of drug-likeness (QED) is 0.780. The molecule has 0 aliphatic rings. The van der Waals surface area contributed by atoms with E-state index in [9.17, 15) is 0 Å². The first-order chi connectivity index (χ1) is 9.08. The number of anilines is 1. The highest BCUT2D eigenvalue weighted by molar-refractivity contribution is 5.54. The van der Waals surface area contributed by atoms with E-state index in [2.05, 4.69) is 81.5 Å². The largest absolute Gasteiger partial charge is 0.378 e. The summed E-state index contributed by atoms with van der Waals surface area (Å²) in [6, 6.07) is 17.6. The molecule has 2 aromatic carbocycles. The van der Waals surface area contributed by atoms with Gasteiger partial charge in [-0.3, -0.25) is 0 Å². The van der Waals surface area contributed by atoms with Gasteiger partial charge in [-0.15, -0.1) is 0 Å². The van der Waals surface area contributed by atoms with Crippen LogP contribution < -0.4 is 5.32 Å². The predicted molar refractivity (Wildman–Crippen MR) is 83.7 cm³/mol. The zero-order valence-corrected chi connectivity index (χ0v) is 12.3. The molecular formula is C18H23N. The van der Waals surface area contributed by atoms with Crippen LogP contribution >= 0.6 is 0 Å². The van der Waals surface area contributed by atoms with E-state index >= 15 is 0 Å². The third-order valence-electron chi connectivity index (χ3n) is 3.50. The minimum absolute atomic E-state index is 0.319. The van der Waals surface area contributed by atoms with Gasteiger partial charge in [0.2, 0.25) is 0 Å². The van der Waals surface area contributed by atoms with Crippen molar-refractivity contribution in [1.82, 2.24) is 0 Å². The van der Waals surface area contributed by atoms with Crippen molar-refractivity contribution in [1.29, 1.82) is 0 Å². The SMILES string of the molecule is Cc1cccc(C(C)Nc2ccccc2C(C)C)c1. The van der Waals surface area contributed by atoms with Crippen LogP contribution in [0.5, 0.6) is 0 Å². The molecule has 0 bridgehead atoms. The molecule has 100 valence electrons. The predicted octanol–water partition coefficient (Wildman–Crippen LogP) is 5.29. The molecule has 2 rings (SSSR count). The monoisotopic (exact) mass is 253 g/mol. The summed E-state index contributed by atoms with van der Waals surface area (Å²) in [5.74, 6) is 0.536. The molecule has 1 heteroatoms. The van der Waals surface area contributed by atoms with Gasteiger partial charge in [-0.25, -0.2) is 0 Å². The van der Waals surface area contributed by atoms with Gasteiger partial charge < -0.3 is 5.32 Å². The normalized spacial score (nSPS) is 12.5. The number of benzene rings is 2. The molecular weight excluding hydrogens is 230 g/mol. The molecule has 0 saturated carbocycles. The second-order valence-electron chi connectivity index (χ2n) is 5.52. The average molecular weight is 253 g/mol. The number of hydrogen-bond acceptors (Lipinski definition) is 1. The molecule has 1 nitrogen and oxygen atoms in total. The highest BCUT2D eigenvalue weighted by Crippen LogP contribution is 2.27. The van der Waals surface area contributed by atoms with Crippen molar-refractivity contribution in [2.45, 2.75) is 39.7 Å². The lowest BCUT2D eigenvalue weighted by Gasteiger charge is -2.20. The van der Waals surface area contributed by atoms with Crippen molar-refractivity contribution >= 4 is 5.69 Å². The lowest BCUT2D eigenvalue weighted by atomic mass is 9.99. The molecule has 1 N–H and O–H groups in total. The molecule has 0 amide bonds. The Morgan fingerprint density at radius 1 is 0.895 bits per heavy atom. The van der Waals surface area contributed by atoms with Crippen LogP contribution in [0.3, 0.4) is 0 Å². The average Bonchev–Trinajstić information content (AvgIpc) is 2.39. The van der Waals surface area contributed by atoms with Gasteiger partial charge in [0.25, 0.3) is 0 Å². The molecule has 0 aliphatic heterocycles. The fourth-order valence-electron chi connectivity index (χ4n) is 2.39. The number of para-hydroxylation sites is 1. The summed E-state index contributed by atoms with van der Waals surface area (Å²) in [6.07, 6.45) is 0. The molecule has 1 atom stereocenters. The van der Waals surface area contributed by atoms with E-state index in [1.165, 1.54) is 22.4 Å². The Bertz CT molecular complexity index is 543. The van der Waals surface area contributed by atoms with E-state index in [-0.39, 0.29) is 0 Å². The molecule has 0 radical (unpaired) electrons. The summed E-state index contributed by atoms with van der Waals surface area (Å²) in [7, 11) is 0. The van der Waals surface area contributed by atoms with E-state index in [0.717, 1.165) is 0 Å². The fourth-order valence-corrected chi connectivity index (χ4v) is 2.39. The Labute approximate surface area is 116 Å². The Hall–Kier alpha value is -1.76. The van der Waals surface area contributed by atoms with Crippen LogP contribution in [-0.4, -0.2) is 0 Å². The molecule has 0 heterocycles. The van der Waals surface area contributed by atoms with Crippen molar-refractivity contribution in [3.8, 4) is 0 Å². The lowest BCUT2D eigenvalue weighted by Crippen LogP contribution is -2.09. The van der Waals surface area contributed by atoms with E-state index in [4.69, 9.17) is 0 Å². The van der Waals surface area contributed by atoms with E-state index in [0.29, 0.717) is 12.0 Å². The number of hydrogen-bond donors (Lipinski definition) is 1. The zero-order chi connectivity index (χ0) is 13.8. The summed E-state index contributed by atoms with van der Waals surface area (Å²) >= 11 is 0. The van der Waals surface area contributed by atoms with Crippen LogP contribution in [0.2, 0.25) is 0 Å². The van der Waals surface area contributed by atoms with Crippen molar-refractivity contribution in [3.63, 3.8) is 0 Å². The zero-order valence-electron chi connectivity index (χ0n) is 12.3. The van der Waals surface area contributed by atoms with E-state index in [1.54, 1.807) is 0 Å². The van der Waals surface area contributed by atoms with Crippen LogP contribution in [0.25, 0.3) is 0 Å². The molecule has 0 saturated heterocycles. The van der Waals surface area contributed by atoms with Crippen LogP contribution in [0.15, 0.2) is 48.5 Å². The first-order valence-electron chi connectivity index (χ1n) is 7.00. The second kappa shape index (κ2) is 5.92. The van der Waals surface area contributed by atoms with Crippen LogP contribution in [0, 0.1) is 6.92 Å². The van der Waals surface area contributed by atoms with Crippen molar-refractivity contribution in [3.05, 3.63) is 65.2 Å². The summed E-state index contributed by atoms with van der Waals surface area (Å²) in [5.41, 5.74) is 5.26. The van der Waals surface area contributed by atoms with Gasteiger partial charge in [0.15, 0.2) is 0 Å². The summed E-state index contributed by atoms with van der Waals surface area (Å²) in [4.78, 5) is 0. The summed E-state index contributed by atoms with van der Waals surface area (Å²) in [6.45, 7) is 8.82. The third kappa shape index (κ3) is 3.37. The molecule has 0 fully saturated rings. The molecule has 0 aromatic heterocycles. The van der Waals surface area contributed by atoms with Crippen LogP contribution in [-0.2, 0) is 0 Å². The number of aryl methyl sites for hydroxylation is 1. The first-order valence-corrected chi connectivity index (χ1v) is 7.00. The standard InChI is InChI=1S/C18H23N/c1-13(2)17-10-5-6-11-18(17)19-15(4)16-9-7-8-14(3)12-16/h5-13,15,19H,1-4H3. The third-order valence-corrected chi connectivity index (χ3v) is 3.50. The van der Waals surface area contributed by atoms with Gasteiger partial charge >= 0.3 is 0 Å². The van der Waals surface area contributed by atoms with Crippen molar-refractivity contribution in [2.75, 3.05) is 5.32 Å².